The van der Waals surface area contributed by atoms with E-state index in [-0.39, 0.29) is 21.5 Å². The number of halogens is 5. The molecule has 0 aliphatic rings. The van der Waals surface area contributed by atoms with Gasteiger partial charge in [-0.2, -0.15) is 0 Å². The molecule has 0 saturated heterocycles. The number of hydrogen-bond acceptors (Lipinski definition) is 1. The lowest BCUT2D eigenvalue weighted by Crippen LogP contribution is -2.17. The first-order valence-corrected chi connectivity index (χ1v) is 6.90. The van der Waals surface area contributed by atoms with Gasteiger partial charge in [0.15, 0.2) is 0 Å². The molecule has 2 rings (SSSR count). The Bertz CT molecular complexity index is 625. The van der Waals surface area contributed by atoms with Crippen molar-refractivity contribution in [1.29, 1.82) is 0 Å². The van der Waals surface area contributed by atoms with Crippen molar-refractivity contribution in [3.05, 3.63) is 68.4 Å². The Balaban J connectivity index is 2.33. The molecule has 0 aliphatic heterocycles. The molecule has 0 amide bonds. The summed E-state index contributed by atoms with van der Waals surface area (Å²) in [7, 11) is 0. The highest BCUT2D eigenvalue weighted by Gasteiger charge is 2.19. The van der Waals surface area contributed by atoms with Gasteiger partial charge in [0.05, 0.1) is 5.02 Å². The molecule has 1 unspecified atom stereocenters. The van der Waals surface area contributed by atoms with Crippen LogP contribution in [0.5, 0.6) is 0 Å². The van der Waals surface area contributed by atoms with E-state index in [0.717, 1.165) is 12.1 Å². The van der Waals surface area contributed by atoms with Crippen molar-refractivity contribution < 1.29 is 13.2 Å². The van der Waals surface area contributed by atoms with Crippen molar-refractivity contribution in [3.8, 4) is 0 Å². The minimum absolute atomic E-state index is 0.0338. The number of benzene rings is 2. The second kappa shape index (κ2) is 6.16. The standard InChI is InChI=1S/C14H10BrClF3N/c15-8-5-10(18)13(11(19)6-8)12(20)4-7-2-1-3-9(17)14(7)16/h1-3,5-6,12H,4,20H2. The lowest BCUT2D eigenvalue weighted by atomic mass is 9.98. The fourth-order valence-corrected chi connectivity index (χ4v) is 2.56. The maximum absolute atomic E-state index is 13.8. The zero-order valence-electron chi connectivity index (χ0n) is 10.1. The molecule has 0 saturated carbocycles. The summed E-state index contributed by atoms with van der Waals surface area (Å²) in [4.78, 5) is 0. The Kier molecular flexibility index (Phi) is 4.73. The number of nitrogens with two attached hydrogens (primary N) is 1. The van der Waals surface area contributed by atoms with E-state index in [0.29, 0.717) is 5.56 Å². The van der Waals surface area contributed by atoms with Crippen molar-refractivity contribution in [2.75, 3.05) is 0 Å². The van der Waals surface area contributed by atoms with Crippen molar-refractivity contribution in [3.63, 3.8) is 0 Å². The summed E-state index contributed by atoms with van der Waals surface area (Å²) < 4.78 is 41.2. The molecule has 2 aromatic rings. The van der Waals surface area contributed by atoms with Gasteiger partial charge in [-0.3, -0.25) is 0 Å². The Morgan fingerprint density at radius 2 is 1.70 bits per heavy atom. The predicted molar refractivity (Wildman–Crippen MR) is 76.1 cm³/mol. The molecule has 0 heterocycles. The highest BCUT2D eigenvalue weighted by molar-refractivity contribution is 9.10. The fourth-order valence-electron chi connectivity index (χ4n) is 1.95. The van der Waals surface area contributed by atoms with Crippen LogP contribution in [0.2, 0.25) is 5.02 Å². The lowest BCUT2D eigenvalue weighted by Gasteiger charge is -2.15. The molecule has 0 aromatic heterocycles. The van der Waals surface area contributed by atoms with Gasteiger partial charge in [0.1, 0.15) is 17.5 Å². The normalized spacial score (nSPS) is 12.5. The van der Waals surface area contributed by atoms with Crippen LogP contribution >= 0.6 is 27.5 Å². The number of hydrogen-bond donors (Lipinski definition) is 1. The maximum Gasteiger partial charge on any atom is 0.142 e. The average Bonchev–Trinajstić information content (AvgIpc) is 2.33. The first-order chi connectivity index (χ1) is 9.40. The summed E-state index contributed by atoms with van der Waals surface area (Å²) in [6.45, 7) is 0. The van der Waals surface area contributed by atoms with E-state index in [1.165, 1.54) is 12.1 Å². The van der Waals surface area contributed by atoms with Gasteiger partial charge in [0.25, 0.3) is 0 Å². The van der Waals surface area contributed by atoms with Crippen LogP contribution in [-0.2, 0) is 6.42 Å². The molecule has 2 aromatic carbocycles. The Labute approximate surface area is 127 Å². The zero-order valence-corrected chi connectivity index (χ0v) is 12.5. The summed E-state index contributed by atoms with van der Waals surface area (Å²) in [5.41, 5.74) is 5.98. The quantitative estimate of drug-likeness (QED) is 0.835. The van der Waals surface area contributed by atoms with E-state index in [4.69, 9.17) is 17.3 Å². The van der Waals surface area contributed by atoms with Gasteiger partial charge in [-0.25, -0.2) is 13.2 Å². The van der Waals surface area contributed by atoms with Crippen molar-refractivity contribution in [1.82, 2.24) is 0 Å². The van der Waals surface area contributed by atoms with Gasteiger partial charge in [-0.05, 0) is 30.2 Å². The van der Waals surface area contributed by atoms with Crippen LogP contribution in [0.15, 0.2) is 34.8 Å². The summed E-state index contributed by atoms with van der Waals surface area (Å²) in [5.74, 6) is -2.10. The van der Waals surface area contributed by atoms with E-state index in [1.807, 2.05) is 0 Å². The third-order valence-electron chi connectivity index (χ3n) is 2.89. The molecule has 2 N–H and O–H groups in total. The van der Waals surface area contributed by atoms with Crippen molar-refractivity contribution >= 4 is 27.5 Å². The smallest absolute Gasteiger partial charge is 0.142 e. The van der Waals surface area contributed by atoms with Crippen LogP contribution in [0, 0.1) is 17.5 Å². The molecule has 0 spiro atoms. The molecule has 1 nitrogen and oxygen atoms in total. The molecule has 20 heavy (non-hydrogen) atoms. The summed E-state index contributed by atoms with van der Waals surface area (Å²) in [6.07, 6.45) is 0.0338. The van der Waals surface area contributed by atoms with E-state index in [9.17, 15) is 13.2 Å². The molecule has 0 radical (unpaired) electrons. The molecule has 1 atom stereocenters. The predicted octanol–water partition coefficient (Wildman–Crippen LogP) is 4.76. The Morgan fingerprint density at radius 3 is 2.30 bits per heavy atom. The second-order valence-electron chi connectivity index (χ2n) is 4.31. The van der Waals surface area contributed by atoms with E-state index in [1.54, 1.807) is 6.07 Å². The topological polar surface area (TPSA) is 26.0 Å². The summed E-state index contributed by atoms with van der Waals surface area (Å²) >= 11 is 8.80. The highest BCUT2D eigenvalue weighted by atomic mass is 79.9. The van der Waals surface area contributed by atoms with Gasteiger partial charge in [-0.1, -0.05) is 39.7 Å². The van der Waals surface area contributed by atoms with Crippen LogP contribution < -0.4 is 5.73 Å². The van der Waals surface area contributed by atoms with Gasteiger partial charge < -0.3 is 5.73 Å². The zero-order chi connectivity index (χ0) is 14.9. The van der Waals surface area contributed by atoms with Crippen LogP contribution in [0.4, 0.5) is 13.2 Å². The summed E-state index contributed by atoms with van der Waals surface area (Å²) in [5, 5.41) is -0.0825. The van der Waals surface area contributed by atoms with Crippen LogP contribution in [0.1, 0.15) is 17.2 Å². The largest absolute Gasteiger partial charge is 0.323 e. The van der Waals surface area contributed by atoms with Crippen molar-refractivity contribution in [2.24, 2.45) is 5.73 Å². The van der Waals surface area contributed by atoms with E-state index >= 15 is 0 Å². The molecular formula is C14H10BrClF3N. The van der Waals surface area contributed by atoms with Gasteiger partial charge in [0, 0.05) is 16.1 Å². The molecular weight excluding hydrogens is 355 g/mol. The number of rotatable bonds is 3. The van der Waals surface area contributed by atoms with Crippen molar-refractivity contribution in [2.45, 2.75) is 12.5 Å². The van der Waals surface area contributed by atoms with Crippen LogP contribution in [0.25, 0.3) is 0 Å². The fraction of sp³-hybridized carbons (Fsp3) is 0.143. The minimum atomic E-state index is -0.956. The SMILES string of the molecule is NC(Cc1cccc(F)c1Cl)c1c(F)cc(Br)cc1F. The van der Waals surface area contributed by atoms with E-state index < -0.39 is 23.5 Å². The molecule has 0 bridgehead atoms. The second-order valence-corrected chi connectivity index (χ2v) is 5.60. The average molecular weight is 365 g/mol. The summed E-state index contributed by atoms with van der Waals surface area (Å²) in [6, 6.07) is 5.55. The molecule has 0 aliphatic carbocycles. The molecule has 106 valence electrons. The lowest BCUT2D eigenvalue weighted by molar-refractivity contribution is 0.523. The molecule has 0 fully saturated rings. The van der Waals surface area contributed by atoms with Gasteiger partial charge in [0.2, 0.25) is 0 Å². The monoisotopic (exact) mass is 363 g/mol. The third-order valence-corrected chi connectivity index (χ3v) is 3.77. The van der Waals surface area contributed by atoms with Crippen LogP contribution in [-0.4, -0.2) is 0 Å². The first kappa shape index (κ1) is 15.4. The Hall–Kier alpha value is -1.04. The van der Waals surface area contributed by atoms with Gasteiger partial charge >= 0.3 is 0 Å². The van der Waals surface area contributed by atoms with E-state index in [2.05, 4.69) is 15.9 Å². The third kappa shape index (κ3) is 3.16. The van der Waals surface area contributed by atoms with Gasteiger partial charge in [-0.15, -0.1) is 0 Å². The highest BCUT2D eigenvalue weighted by Crippen LogP contribution is 2.28. The Morgan fingerprint density at radius 1 is 1.10 bits per heavy atom. The van der Waals surface area contributed by atoms with Crippen LogP contribution in [0.3, 0.4) is 0 Å². The minimum Gasteiger partial charge on any atom is -0.323 e. The first-order valence-electron chi connectivity index (χ1n) is 5.73. The molecule has 6 heteroatoms. The maximum atomic E-state index is 13.8.